The van der Waals surface area contributed by atoms with Crippen LogP contribution in [-0.4, -0.2) is 37.1 Å². The van der Waals surface area contributed by atoms with Gasteiger partial charge in [-0.3, -0.25) is 9.69 Å². The Hall–Kier alpha value is -0.570. The number of carbonyl (C=O) groups excluding carboxylic acids is 1. The van der Waals surface area contributed by atoms with Gasteiger partial charge in [-0.2, -0.15) is 0 Å². The SMILES string of the molecule is CCCCCCCC(=O)OCCN1CCCC1. The number of likely N-dealkylation sites (tertiary alicyclic amines) is 1. The first-order valence-electron chi connectivity index (χ1n) is 7.21. The number of hydrogen-bond donors (Lipinski definition) is 0. The van der Waals surface area contributed by atoms with Crippen LogP contribution in [0.3, 0.4) is 0 Å². The molecule has 0 aromatic carbocycles. The van der Waals surface area contributed by atoms with E-state index in [9.17, 15) is 4.79 Å². The van der Waals surface area contributed by atoms with Crippen molar-refractivity contribution in [2.45, 2.75) is 58.3 Å². The van der Waals surface area contributed by atoms with Crippen LogP contribution in [-0.2, 0) is 9.53 Å². The van der Waals surface area contributed by atoms with Gasteiger partial charge in [0, 0.05) is 13.0 Å². The van der Waals surface area contributed by atoms with Gasteiger partial charge in [0.2, 0.25) is 0 Å². The fourth-order valence-electron chi connectivity index (χ4n) is 2.24. The second-order valence-electron chi connectivity index (χ2n) is 4.93. The van der Waals surface area contributed by atoms with E-state index in [1.165, 1.54) is 45.2 Å². The van der Waals surface area contributed by atoms with Gasteiger partial charge in [0.05, 0.1) is 0 Å². The van der Waals surface area contributed by atoms with E-state index >= 15 is 0 Å². The summed E-state index contributed by atoms with van der Waals surface area (Å²) in [7, 11) is 0. The Kier molecular flexibility index (Phi) is 8.06. The highest BCUT2D eigenvalue weighted by Crippen LogP contribution is 2.07. The molecule has 1 aliphatic rings. The predicted molar refractivity (Wildman–Crippen MR) is 70.0 cm³/mol. The maximum Gasteiger partial charge on any atom is 0.305 e. The average molecular weight is 241 g/mol. The quantitative estimate of drug-likeness (QED) is 0.459. The first-order chi connectivity index (χ1) is 8.33. The van der Waals surface area contributed by atoms with Crippen molar-refractivity contribution in [3.05, 3.63) is 0 Å². The molecule has 3 nitrogen and oxygen atoms in total. The molecule has 0 atom stereocenters. The van der Waals surface area contributed by atoms with E-state index in [0.717, 1.165) is 19.4 Å². The van der Waals surface area contributed by atoms with Crippen molar-refractivity contribution in [1.82, 2.24) is 4.90 Å². The summed E-state index contributed by atoms with van der Waals surface area (Å²) in [4.78, 5) is 13.8. The van der Waals surface area contributed by atoms with Crippen LogP contribution < -0.4 is 0 Å². The van der Waals surface area contributed by atoms with Gasteiger partial charge in [-0.15, -0.1) is 0 Å². The van der Waals surface area contributed by atoms with Crippen molar-refractivity contribution in [1.29, 1.82) is 0 Å². The monoisotopic (exact) mass is 241 g/mol. The number of rotatable bonds is 9. The number of hydrogen-bond acceptors (Lipinski definition) is 3. The molecule has 0 bridgehead atoms. The summed E-state index contributed by atoms with van der Waals surface area (Å²) in [5, 5.41) is 0. The maximum absolute atomic E-state index is 11.4. The summed E-state index contributed by atoms with van der Waals surface area (Å²) in [6, 6.07) is 0. The molecule has 0 radical (unpaired) electrons. The number of carbonyl (C=O) groups is 1. The standard InChI is InChI=1S/C14H27NO2/c1-2-3-4-5-6-9-14(16)17-13-12-15-10-7-8-11-15/h2-13H2,1H3. The lowest BCUT2D eigenvalue weighted by Gasteiger charge is -2.14. The van der Waals surface area contributed by atoms with Crippen molar-refractivity contribution in [2.24, 2.45) is 0 Å². The molecular formula is C14H27NO2. The minimum atomic E-state index is -0.0132. The van der Waals surface area contributed by atoms with Crippen LogP contribution in [0.15, 0.2) is 0 Å². The highest BCUT2D eigenvalue weighted by atomic mass is 16.5. The van der Waals surface area contributed by atoms with E-state index in [0.29, 0.717) is 13.0 Å². The number of nitrogens with zero attached hydrogens (tertiary/aromatic N) is 1. The molecule has 0 N–H and O–H groups in total. The molecule has 1 aliphatic heterocycles. The number of esters is 1. The zero-order chi connectivity index (χ0) is 12.3. The minimum absolute atomic E-state index is 0.0132. The minimum Gasteiger partial charge on any atom is -0.464 e. The van der Waals surface area contributed by atoms with Crippen LogP contribution in [0.2, 0.25) is 0 Å². The Morgan fingerprint density at radius 2 is 1.82 bits per heavy atom. The molecule has 1 fully saturated rings. The lowest BCUT2D eigenvalue weighted by molar-refractivity contribution is -0.144. The largest absolute Gasteiger partial charge is 0.464 e. The Morgan fingerprint density at radius 3 is 2.53 bits per heavy atom. The van der Waals surface area contributed by atoms with E-state index in [1.54, 1.807) is 0 Å². The topological polar surface area (TPSA) is 29.5 Å². The third-order valence-electron chi connectivity index (χ3n) is 3.35. The van der Waals surface area contributed by atoms with Gasteiger partial charge in [-0.25, -0.2) is 0 Å². The molecule has 100 valence electrons. The van der Waals surface area contributed by atoms with Crippen molar-refractivity contribution in [3.8, 4) is 0 Å². The molecule has 0 saturated carbocycles. The van der Waals surface area contributed by atoms with Crippen LogP contribution in [0, 0.1) is 0 Å². The van der Waals surface area contributed by atoms with E-state index in [2.05, 4.69) is 11.8 Å². The van der Waals surface area contributed by atoms with Crippen molar-refractivity contribution < 1.29 is 9.53 Å². The van der Waals surface area contributed by atoms with Gasteiger partial charge in [0.15, 0.2) is 0 Å². The maximum atomic E-state index is 11.4. The summed E-state index contributed by atoms with van der Waals surface area (Å²) in [6.45, 7) is 6.05. The average Bonchev–Trinajstić information content (AvgIpc) is 2.82. The zero-order valence-electron chi connectivity index (χ0n) is 11.2. The molecule has 0 aliphatic carbocycles. The third kappa shape index (κ3) is 7.37. The summed E-state index contributed by atoms with van der Waals surface area (Å²) in [6.07, 6.45) is 9.12. The molecule has 0 spiro atoms. The van der Waals surface area contributed by atoms with Crippen LogP contribution in [0.4, 0.5) is 0 Å². The summed E-state index contributed by atoms with van der Waals surface area (Å²) < 4.78 is 5.23. The number of ether oxygens (including phenoxy) is 1. The molecule has 0 unspecified atom stereocenters. The van der Waals surface area contributed by atoms with Gasteiger partial charge in [-0.1, -0.05) is 32.6 Å². The normalized spacial score (nSPS) is 16.3. The molecule has 0 aromatic heterocycles. The molecule has 3 heteroatoms. The Bertz CT molecular complexity index is 200. The van der Waals surface area contributed by atoms with Gasteiger partial charge in [-0.05, 0) is 32.4 Å². The molecule has 0 aromatic rings. The van der Waals surface area contributed by atoms with Crippen LogP contribution in [0.1, 0.15) is 58.3 Å². The summed E-state index contributed by atoms with van der Waals surface area (Å²) in [5.41, 5.74) is 0. The van der Waals surface area contributed by atoms with E-state index in [4.69, 9.17) is 4.74 Å². The zero-order valence-corrected chi connectivity index (χ0v) is 11.2. The Morgan fingerprint density at radius 1 is 1.12 bits per heavy atom. The number of unbranched alkanes of at least 4 members (excludes halogenated alkanes) is 4. The van der Waals surface area contributed by atoms with Crippen LogP contribution in [0.25, 0.3) is 0 Å². The molecule has 17 heavy (non-hydrogen) atoms. The fraction of sp³-hybridized carbons (Fsp3) is 0.929. The van der Waals surface area contributed by atoms with Gasteiger partial charge in [0.25, 0.3) is 0 Å². The first kappa shape index (κ1) is 14.5. The lowest BCUT2D eigenvalue weighted by atomic mass is 10.1. The van der Waals surface area contributed by atoms with E-state index < -0.39 is 0 Å². The first-order valence-corrected chi connectivity index (χ1v) is 7.21. The summed E-state index contributed by atoms with van der Waals surface area (Å²) >= 11 is 0. The fourth-order valence-corrected chi connectivity index (χ4v) is 2.24. The predicted octanol–water partition coefficient (Wildman–Crippen LogP) is 2.99. The molecule has 1 rings (SSSR count). The van der Waals surface area contributed by atoms with Crippen LogP contribution in [0.5, 0.6) is 0 Å². The third-order valence-corrected chi connectivity index (χ3v) is 3.35. The molecule has 1 saturated heterocycles. The van der Waals surface area contributed by atoms with Gasteiger partial charge >= 0.3 is 5.97 Å². The van der Waals surface area contributed by atoms with E-state index in [1.807, 2.05) is 0 Å². The van der Waals surface area contributed by atoms with Gasteiger partial charge in [0.1, 0.15) is 6.61 Å². The van der Waals surface area contributed by atoms with Crippen molar-refractivity contribution >= 4 is 5.97 Å². The second kappa shape index (κ2) is 9.46. The van der Waals surface area contributed by atoms with Crippen molar-refractivity contribution in [3.63, 3.8) is 0 Å². The highest BCUT2D eigenvalue weighted by Gasteiger charge is 2.11. The molecule has 1 heterocycles. The van der Waals surface area contributed by atoms with Gasteiger partial charge < -0.3 is 4.74 Å². The van der Waals surface area contributed by atoms with Crippen molar-refractivity contribution in [2.75, 3.05) is 26.2 Å². The second-order valence-corrected chi connectivity index (χ2v) is 4.93. The smallest absolute Gasteiger partial charge is 0.305 e. The van der Waals surface area contributed by atoms with Crippen LogP contribution >= 0.6 is 0 Å². The summed E-state index contributed by atoms with van der Waals surface area (Å²) in [5.74, 6) is -0.0132. The Balaban J connectivity index is 1.86. The molecule has 0 amide bonds. The van der Waals surface area contributed by atoms with E-state index in [-0.39, 0.29) is 5.97 Å². The highest BCUT2D eigenvalue weighted by molar-refractivity contribution is 5.69. The lowest BCUT2D eigenvalue weighted by Crippen LogP contribution is -2.25. The molecular weight excluding hydrogens is 214 g/mol. The Labute approximate surface area is 106 Å².